The highest BCUT2D eigenvalue weighted by Gasteiger charge is 2.13. The van der Waals surface area contributed by atoms with E-state index in [1.54, 1.807) is 24.3 Å². The molecule has 2 N–H and O–H groups in total. The molecule has 2 aromatic rings. The van der Waals surface area contributed by atoms with Crippen LogP contribution < -0.4 is 10.6 Å². The molecule has 0 saturated heterocycles. The van der Waals surface area contributed by atoms with Crippen molar-refractivity contribution in [3.63, 3.8) is 0 Å². The van der Waals surface area contributed by atoms with E-state index in [1.807, 2.05) is 45.0 Å². The minimum atomic E-state index is -0.189. The number of benzene rings is 2. The molecule has 0 spiro atoms. The lowest BCUT2D eigenvalue weighted by Gasteiger charge is -2.13. The first-order valence-corrected chi connectivity index (χ1v) is 7.71. The first kappa shape index (κ1) is 16.7. The van der Waals surface area contributed by atoms with E-state index in [-0.39, 0.29) is 24.3 Å². The molecular weight excluding hydrogens is 288 g/mol. The number of hydrogen-bond donors (Lipinski definition) is 2. The van der Waals surface area contributed by atoms with Crippen molar-refractivity contribution in [2.45, 2.75) is 33.2 Å². The number of anilines is 1. The Bertz CT molecular complexity index is 691. The lowest BCUT2D eigenvalue weighted by Crippen LogP contribution is -2.31. The van der Waals surface area contributed by atoms with Gasteiger partial charge in [0.15, 0.2) is 0 Å². The number of hydrogen-bond acceptors (Lipinski definition) is 2. The molecule has 0 heterocycles. The van der Waals surface area contributed by atoms with Crippen molar-refractivity contribution in [2.75, 3.05) is 5.32 Å². The van der Waals surface area contributed by atoms with E-state index in [0.29, 0.717) is 11.3 Å². The van der Waals surface area contributed by atoms with E-state index in [4.69, 9.17) is 0 Å². The smallest absolute Gasteiger partial charge is 0.253 e. The Morgan fingerprint density at radius 3 is 2.30 bits per heavy atom. The van der Waals surface area contributed by atoms with Gasteiger partial charge in [-0.05, 0) is 38.5 Å². The van der Waals surface area contributed by atoms with Gasteiger partial charge in [-0.25, -0.2) is 0 Å². The lowest BCUT2D eigenvalue weighted by atomic mass is 10.1. The van der Waals surface area contributed by atoms with Gasteiger partial charge in [0.1, 0.15) is 0 Å². The quantitative estimate of drug-likeness (QED) is 0.890. The fourth-order valence-electron chi connectivity index (χ4n) is 2.22. The van der Waals surface area contributed by atoms with Gasteiger partial charge in [0.05, 0.1) is 17.7 Å². The van der Waals surface area contributed by atoms with Crippen molar-refractivity contribution in [1.29, 1.82) is 0 Å². The largest absolute Gasteiger partial charge is 0.350 e. The van der Waals surface area contributed by atoms with Crippen LogP contribution >= 0.6 is 0 Å². The van der Waals surface area contributed by atoms with E-state index in [1.165, 1.54) is 0 Å². The van der Waals surface area contributed by atoms with Gasteiger partial charge in [0.25, 0.3) is 5.91 Å². The average Bonchev–Trinajstić information content (AvgIpc) is 2.49. The van der Waals surface area contributed by atoms with Gasteiger partial charge in [-0.1, -0.05) is 42.0 Å². The van der Waals surface area contributed by atoms with Crippen LogP contribution in [-0.4, -0.2) is 17.9 Å². The number of rotatable bonds is 5. The molecule has 0 aromatic heterocycles. The molecule has 120 valence electrons. The number of carbonyl (C=O) groups is 2. The van der Waals surface area contributed by atoms with E-state index in [2.05, 4.69) is 10.6 Å². The summed E-state index contributed by atoms with van der Waals surface area (Å²) in [5.74, 6) is -0.329. The summed E-state index contributed by atoms with van der Waals surface area (Å²) in [7, 11) is 0. The van der Waals surface area contributed by atoms with Crippen molar-refractivity contribution in [3.8, 4) is 0 Å². The molecule has 23 heavy (non-hydrogen) atoms. The minimum Gasteiger partial charge on any atom is -0.350 e. The van der Waals surface area contributed by atoms with Gasteiger partial charge in [0.2, 0.25) is 5.91 Å². The maximum absolute atomic E-state index is 12.2. The summed E-state index contributed by atoms with van der Waals surface area (Å²) in [6, 6.07) is 14.9. The van der Waals surface area contributed by atoms with Crippen molar-refractivity contribution >= 4 is 17.5 Å². The molecule has 2 aromatic carbocycles. The van der Waals surface area contributed by atoms with Crippen LogP contribution in [0.4, 0.5) is 5.69 Å². The fraction of sp³-hybridized carbons (Fsp3) is 0.263. The average molecular weight is 310 g/mol. The van der Waals surface area contributed by atoms with Crippen molar-refractivity contribution in [3.05, 3.63) is 65.2 Å². The normalized spacial score (nSPS) is 10.4. The molecule has 0 aliphatic rings. The van der Waals surface area contributed by atoms with Crippen LogP contribution in [0, 0.1) is 6.92 Å². The van der Waals surface area contributed by atoms with Crippen LogP contribution in [0.3, 0.4) is 0 Å². The van der Waals surface area contributed by atoms with Gasteiger partial charge in [-0.3, -0.25) is 9.59 Å². The second-order valence-corrected chi connectivity index (χ2v) is 5.88. The zero-order chi connectivity index (χ0) is 16.8. The highest BCUT2D eigenvalue weighted by atomic mass is 16.2. The third kappa shape index (κ3) is 4.95. The lowest BCUT2D eigenvalue weighted by molar-refractivity contribution is -0.115. The van der Waals surface area contributed by atoms with Gasteiger partial charge in [-0.2, -0.15) is 0 Å². The predicted octanol–water partition coefficient (Wildman–Crippen LogP) is 3.31. The van der Waals surface area contributed by atoms with Crippen molar-refractivity contribution in [1.82, 2.24) is 5.32 Å². The third-order valence-electron chi connectivity index (χ3n) is 3.35. The van der Waals surface area contributed by atoms with E-state index in [9.17, 15) is 9.59 Å². The molecule has 0 saturated carbocycles. The SMILES string of the molecule is Cc1ccc(CC(=O)Nc2ccccc2C(=O)NC(C)C)cc1. The predicted molar refractivity (Wildman–Crippen MR) is 92.6 cm³/mol. The summed E-state index contributed by atoms with van der Waals surface area (Å²) in [5.41, 5.74) is 3.10. The van der Waals surface area contributed by atoms with Gasteiger partial charge >= 0.3 is 0 Å². The maximum Gasteiger partial charge on any atom is 0.253 e. The van der Waals surface area contributed by atoms with Crippen LogP contribution in [0.15, 0.2) is 48.5 Å². The first-order chi connectivity index (χ1) is 11.0. The number of nitrogens with one attached hydrogen (secondary N) is 2. The number of carbonyl (C=O) groups excluding carboxylic acids is 2. The van der Waals surface area contributed by atoms with E-state index < -0.39 is 0 Å². The molecule has 4 heteroatoms. The molecule has 0 unspecified atom stereocenters. The Balaban J connectivity index is 2.08. The molecular formula is C19H22N2O2. The molecule has 0 fully saturated rings. The Morgan fingerprint density at radius 1 is 1.00 bits per heavy atom. The number of amides is 2. The highest BCUT2D eigenvalue weighted by molar-refractivity contribution is 6.04. The summed E-state index contributed by atoms with van der Waals surface area (Å²) in [6.07, 6.45) is 0.278. The molecule has 0 atom stereocenters. The Labute approximate surface area is 136 Å². The summed E-state index contributed by atoms with van der Waals surface area (Å²) in [4.78, 5) is 24.4. The molecule has 0 bridgehead atoms. The van der Waals surface area contributed by atoms with Crippen LogP contribution in [0.5, 0.6) is 0 Å². The summed E-state index contributed by atoms with van der Waals surface area (Å²) < 4.78 is 0. The second-order valence-electron chi connectivity index (χ2n) is 5.88. The third-order valence-corrected chi connectivity index (χ3v) is 3.35. The van der Waals surface area contributed by atoms with Crippen molar-refractivity contribution in [2.24, 2.45) is 0 Å². The van der Waals surface area contributed by atoms with Gasteiger partial charge in [0, 0.05) is 6.04 Å². The topological polar surface area (TPSA) is 58.2 Å². The van der Waals surface area contributed by atoms with Crippen LogP contribution in [-0.2, 0) is 11.2 Å². The zero-order valence-electron chi connectivity index (χ0n) is 13.7. The fourth-order valence-corrected chi connectivity index (χ4v) is 2.22. The van der Waals surface area contributed by atoms with Gasteiger partial charge in [-0.15, -0.1) is 0 Å². The van der Waals surface area contributed by atoms with Crippen LogP contribution in [0.1, 0.15) is 35.3 Å². The monoisotopic (exact) mass is 310 g/mol. The maximum atomic E-state index is 12.2. The van der Waals surface area contributed by atoms with Crippen LogP contribution in [0.25, 0.3) is 0 Å². The van der Waals surface area contributed by atoms with Gasteiger partial charge < -0.3 is 10.6 Å². The molecule has 2 amide bonds. The zero-order valence-corrected chi connectivity index (χ0v) is 13.7. The summed E-state index contributed by atoms with van der Waals surface area (Å²) in [5, 5.41) is 5.67. The van der Waals surface area contributed by atoms with E-state index in [0.717, 1.165) is 11.1 Å². The van der Waals surface area contributed by atoms with Crippen LogP contribution in [0.2, 0.25) is 0 Å². The summed E-state index contributed by atoms with van der Waals surface area (Å²) >= 11 is 0. The van der Waals surface area contributed by atoms with E-state index >= 15 is 0 Å². The summed E-state index contributed by atoms with van der Waals surface area (Å²) in [6.45, 7) is 5.81. The molecule has 2 rings (SSSR count). The number of para-hydroxylation sites is 1. The first-order valence-electron chi connectivity index (χ1n) is 7.71. The Kier molecular flexibility index (Phi) is 5.52. The van der Waals surface area contributed by atoms with Crippen molar-refractivity contribution < 1.29 is 9.59 Å². The number of aryl methyl sites for hydroxylation is 1. The second kappa shape index (κ2) is 7.58. The minimum absolute atomic E-state index is 0.0406. The Morgan fingerprint density at radius 2 is 1.65 bits per heavy atom. The Hall–Kier alpha value is -2.62. The standard InChI is InChI=1S/C19H22N2O2/c1-13(2)20-19(23)16-6-4-5-7-17(16)21-18(22)12-15-10-8-14(3)9-11-15/h4-11,13H,12H2,1-3H3,(H,20,23)(H,21,22). The highest BCUT2D eigenvalue weighted by Crippen LogP contribution is 2.16. The molecule has 0 aliphatic carbocycles. The molecule has 0 aliphatic heterocycles. The molecule has 4 nitrogen and oxygen atoms in total. The molecule has 0 radical (unpaired) electrons.